The number of sulfonamides is 1. The second-order valence-electron chi connectivity index (χ2n) is 6.98. The van der Waals surface area contributed by atoms with Crippen LogP contribution in [0, 0.1) is 12.8 Å². The van der Waals surface area contributed by atoms with E-state index in [0.717, 1.165) is 5.56 Å². The van der Waals surface area contributed by atoms with E-state index in [0.29, 0.717) is 18.6 Å². The van der Waals surface area contributed by atoms with Crippen LogP contribution in [-0.4, -0.2) is 52.3 Å². The van der Waals surface area contributed by atoms with Crippen molar-refractivity contribution in [2.45, 2.75) is 43.8 Å². The maximum Gasteiger partial charge on any atom is 0.246 e. The highest BCUT2D eigenvalue weighted by atomic mass is 32.2. The quantitative estimate of drug-likeness (QED) is 0.745. The number of hydrogen-bond donors (Lipinski definition) is 0. The summed E-state index contributed by atoms with van der Waals surface area (Å²) in [4.78, 5) is 0.137. The van der Waals surface area contributed by atoms with Gasteiger partial charge in [0.25, 0.3) is 0 Å². The monoisotopic (exact) mass is 389 g/mol. The Bertz CT molecular complexity index is 807. The van der Waals surface area contributed by atoms with Gasteiger partial charge in [-0.25, -0.2) is 16.8 Å². The summed E-state index contributed by atoms with van der Waals surface area (Å²) < 4.78 is 57.2. The Morgan fingerprint density at radius 2 is 1.76 bits per heavy atom. The molecule has 0 bridgehead atoms. The average Bonchev–Trinajstić information content (AvgIpc) is 2.53. The number of methoxy groups -OCH3 is 1. The summed E-state index contributed by atoms with van der Waals surface area (Å²) in [5.74, 6) is 0.527. The van der Waals surface area contributed by atoms with E-state index >= 15 is 0 Å². The fourth-order valence-electron chi connectivity index (χ4n) is 3.16. The number of piperidine rings is 1. The molecule has 1 aromatic carbocycles. The van der Waals surface area contributed by atoms with E-state index in [9.17, 15) is 16.8 Å². The minimum absolute atomic E-state index is 0.0725. The van der Waals surface area contributed by atoms with Crippen molar-refractivity contribution in [1.29, 1.82) is 0 Å². The first-order valence-corrected chi connectivity index (χ1v) is 11.6. The van der Waals surface area contributed by atoms with Crippen LogP contribution in [0.3, 0.4) is 0 Å². The van der Waals surface area contributed by atoms with Crippen molar-refractivity contribution >= 4 is 19.9 Å². The summed E-state index contributed by atoms with van der Waals surface area (Å²) in [6.45, 7) is 5.99. The molecular formula is C17H27NO5S2. The van der Waals surface area contributed by atoms with Gasteiger partial charge in [-0.1, -0.05) is 19.9 Å². The number of nitrogens with zero attached hydrogens (tertiary/aromatic N) is 1. The Kier molecular flexibility index (Phi) is 6.17. The lowest BCUT2D eigenvalue weighted by Crippen LogP contribution is -2.43. The van der Waals surface area contributed by atoms with Crippen LogP contribution in [0.4, 0.5) is 0 Å². The maximum atomic E-state index is 12.9. The SMILES string of the molecule is COc1ccc(C)cc1S(=O)(=O)N1CCC(S(=O)(=O)CC(C)C)CC1. The van der Waals surface area contributed by atoms with Gasteiger partial charge in [0.05, 0.1) is 18.1 Å². The lowest BCUT2D eigenvalue weighted by Gasteiger charge is -2.31. The first-order chi connectivity index (χ1) is 11.6. The van der Waals surface area contributed by atoms with Crippen LogP contribution in [0.15, 0.2) is 23.1 Å². The molecule has 0 spiro atoms. The van der Waals surface area contributed by atoms with Crippen LogP contribution >= 0.6 is 0 Å². The van der Waals surface area contributed by atoms with Gasteiger partial charge >= 0.3 is 0 Å². The molecule has 0 atom stereocenters. The average molecular weight is 390 g/mol. The molecule has 0 radical (unpaired) electrons. The molecule has 0 N–H and O–H groups in total. The molecule has 25 heavy (non-hydrogen) atoms. The summed E-state index contributed by atoms with van der Waals surface area (Å²) in [6.07, 6.45) is 0.671. The van der Waals surface area contributed by atoms with Gasteiger partial charge in [0.2, 0.25) is 10.0 Å². The lowest BCUT2D eigenvalue weighted by atomic mass is 10.2. The molecule has 0 saturated carbocycles. The Labute approximate surface area is 151 Å². The first kappa shape index (κ1) is 20.2. The number of ether oxygens (including phenoxy) is 1. The molecule has 1 aromatic rings. The van der Waals surface area contributed by atoms with E-state index in [1.54, 1.807) is 18.2 Å². The van der Waals surface area contributed by atoms with Crippen molar-refractivity contribution in [2.24, 2.45) is 5.92 Å². The summed E-state index contributed by atoms with van der Waals surface area (Å²) in [5, 5.41) is -0.458. The third kappa shape index (κ3) is 4.54. The standard InChI is InChI=1S/C17H27NO5S2/c1-13(2)12-24(19,20)15-7-9-18(10-8-15)25(21,22)17-11-14(3)5-6-16(17)23-4/h5-6,11,13,15H,7-10,12H2,1-4H3. The van der Waals surface area contributed by atoms with Gasteiger partial charge in [0, 0.05) is 13.1 Å². The van der Waals surface area contributed by atoms with Crippen LogP contribution in [0.5, 0.6) is 5.75 Å². The summed E-state index contributed by atoms with van der Waals surface area (Å²) >= 11 is 0. The third-order valence-corrected chi connectivity index (χ3v) is 8.95. The predicted molar refractivity (Wildman–Crippen MR) is 98.1 cm³/mol. The second-order valence-corrected chi connectivity index (χ2v) is 11.2. The van der Waals surface area contributed by atoms with Gasteiger partial charge in [-0.3, -0.25) is 0 Å². The molecule has 1 aliphatic rings. The number of rotatable bonds is 6. The number of aryl methyl sites for hydroxylation is 1. The minimum atomic E-state index is -3.71. The molecule has 1 aliphatic heterocycles. The third-order valence-electron chi connectivity index (χ3n) is 4.41. The molecular weight excluding hydrogens is 362 g/mol. The Balaban J connectivity index is 2.19. The normalized spacial score (nSPS) is 17.8. The fraction of sp³-hybridized carbons (Fsp3) is 0.647. The molecule has 1 saturated heterocycles. The van der Waals surface area contributed by atoms with Crippen molar-refractivity contribution in [3.63, 3.8) is 0 Å². The smallest absolute Gasteiger partial charge is 0.246 e. The first-order valence-electron chi connectivity index (χ1n) is 8.44. The second kappa shape index (κ2) is 7.63. The van der Waals surface area contributed by atoms with Crippen molar-refractivity contribution in [2.75, 3.05) is 26.0 Å². The maximum absolute atomic E-state index is 12.9. The van der Waals surface area contributed by atoms with Crippen LogP contribution in [0.2, 0.25) is 0 Å². The van der Waals surface area contributed by atoms with E-state index < -0.39 is 25.1 Å². The molecule has 1 heterocycles. The minimum Gasteiger partial charge on any atom is -0.495 e. The zero-order valence-electron chi connectivity index (χ0n) is 15.2. The topological polar surface area (TPSA) is 80.8 Å². The van der Waals surface area contributed by atoms with Crippen LogP contribution in [0.1, 0.15) is 32.3 Å². The molecule has 6 nitrogen and oxygen atoms in total. The van der Waals surface area contributed by atoms with E-state index in [2.05, 4.69) is 0 Å². The van der Waals surface area contributed by atoms with Crippen molar-refractivity contribution in [1.82, 2.24) is 4.31 Å². The number of benzene rings is 1. The van der Waals surface area contributed by atoms with Crippen LogP contribution in [-0.2, 0) is 19.9 Å². The van der Waals surface area contributed by atoms with E-state index in [1.165, 1.54) is 11.4 Å². The molecule has 0 unspecified atom stereocenters. The molecule has 8 heteroatoms. The van der Waals surface area contributed by atoms with Gasteiger partial charge in [-0.15, -0.1) is 0 Å². The largest absolute Gasteiger partial charge is 0.495 e. The molecule has 0 amide bonds. The van der Waals surface area contributed by atoms with Crippen LogP contribution in [0.25, 0.3) is 0 Å². The molecule has 2 rings (SSSR count). The van der Waals surface area contributed by atoms with E-state index in [-0.39, 0.29) is 29.7 Å². The molecule has 142 valence electrons. The highest BCUT2D eigenvalue weighted by molar-refractivity contribution is 7.92. The number of sulfone groups is 1. The summed E-state index contributed by atoms with van der Waals surface area (Å²) in [7, 11) is -5.45. The van der Waals surface area contributed by atoms with Crippen molar-refractivity contribution in [3.8, 4) is 5.75 Å². The number of hydrogen-bond acceptors (Lipinski definition) is 5. The Morgan fingerprint density at radius 1 is 1.16 bits per heavy atom. The fourth-order valence-corrected chi connectivity index (χ4v) is 7.00. The summed E-state index contributed by atoms with van der Waals surface area (Å²) in [6, 6.07) is 5.03. The van der Waals surface area contributed by atoms with E-state index in [4.69, 9.17) is 4.74 Å². The zero-order chi connectivity index (χ0) is 18.8. The Morgan fingerprint density at radius 3 is 2.28 bits per heavy atom. The molecule has 0 aliphatic carbocycles. The van der Waals surface area contributed by atoms with Crippen molar-refractivity contribution < 1.29 is 21.6 Å². The highest BCUT2D eigenvalue weighted by Gasteiger charge is 2.36. The Hall–Kier alpha value is -1.12. The highest BCUT2D eigenvalue weighted by Crippen LogP contribution is 2.30. The van der Waals surface area contributed by atoms with Gasteiger partial charge in [0.1, 0.15) is 10.6 Å². The lowest BCUT2D eigenvalue weighted by molar-refractivity contribution is 0.341. The van der Waals surface area contributed by atoms with E-state index in [1.807, 2.05) is 20.8 Å². The molecule has 1 fully saturated rings. The van der Waals surface area contributed by atoms with Gasteiger partial charge in [0.15, 0.2) is 9.84 Å². The van der Waals surface area contributed by atoms with Crippen molar-refractivity contribution in [3.05, 3.63) is 23.8 Å². The molecule has 0 aromatic heterocycles. The van der Waals surface area contributed by atoms with Crippen LogP contribution < -0.4 is 4.74 Å². The predicted octanol–water partition coefficient (Wildman–Crippen LogP) is 2.23. The zero-order valence-corrected chi connectivity index (χ0v) is 16.9. The summed E-state index contributed by atoms with van der Waals surface area (Å²) in [5.41, 5.74) is 0.828. The van der Waals surface area contributed by atoms with Gasteiger partial charge < -0.3 is 4.74 Å². The van der Waals surface area contributed by atoms with Gasteiger partial charge in [-0.05, 0) is 43.4 Å². The van der Waals surface area contributed by atoms with Gasteiger partial charge in [-0.2, -0.15) is 4.31 Å².